The largest absolute Gasteiger partial charge is 0.392 e. The maximum Gasteiger partial charge on any atom is 0.193 e. The van der Waals surface area contributed by atoms with E-state index in [1.54, 1.807) is 0 Å². The quantitative estimate of drug-likeness (QED) is 0.576. The van der Waals surface area contributed by atoms with Crippen molar-refractivity contribution in [2.75, 3.05) is 11.9 Å². The standard InChI is InChI=1S/C17H27N3O/c1-11(2)15(21)17(5-6-17)10-19-16(18)20-14-8-12(3)7-13(4)9-14/h7-9,11,15,21H,5-6,10H2,1-4H3,(H3,18,19,20). The molecule has 116 valence electrons. The highest BCUT2D eigenvalue weighted by atomic mass is 16.3. The molecule has 0 radical (unpaired) electrons. The van der Waals surface area contributed by atoms with Gasteiger partial charge in [0.15, 0.2) is 5.96 Å². The van der Waals surface area contributed by atoms with Gasteiger partial charge in [0.1, 0.15) is 0 Å². The highest BCUT2D eigenvalue weighted by molar-refractivity contribution is 5.92. The third-order valence-electron chi connectivity index (χ3n) is 4.21. The number of guanidine groups is 1. The molecule has 0 heterocycles. The van der Waals surface area contributed by atoms with Crippen LogP contribution in [0.25, 0.3) is 0 Å². The van der Waals surface area contributed by atoms with E-state index >= 15 is 0 Å². The molecule has 0 amide bonds. The summed E-state index contributed by atoms with van der Waals surface area (Å²) in [6, 6.07) is 6.22. The lowest BCUT2D eigenvalue weighted by Crippen LogP contribution is -2.31. The Kier molecular flexibility index (Phi) is 4.57. The Morgan fingerprint density at radius 1 is 1.29 bits per heavy atom. The minimum atomic E-state index is -0.296. The van der Waals surface area contributed by atoms with E-state index in [1.807, 2.05) is 26.0 Å². The lowest BCUT2D eigenvalue weighted by Gasteiger charge is -2.24. The van der Waals surface area contributed by atoms with E-state index in [9.17, 15) is 5.11 Å². The predicted octanol–water partition coefficient (Wildman–Crippen LogP) is 2.83. The zero-order valence-corrected chi connectivity index (χ0v) is 13.5. The Balaban J connectivity index is 1.99. The van der Waals surface area contributed by atoms with Gasteiger partial charge in [0.05, 0.1) is 12.6 Å². The summed E-state index contributed by atoms with van der Waals surface area (Å²) in [5, 5.41) is 13.4. The van der Waals surface area contributed by atoms with Crippen molar-refractivity contribution in [1.82, 2.24) is 0 Å². The van der Waals surface area contributed by atoms with E-state index in [0.29, 0.717) is 12.5 Å². The van der Waals surface area contributed by atoms with Crippen LogP contribution in [0.2, 0.25) is 0 Å². The number of aliphatic hydroxyl groups is 1. The van der Waals surface area contributed by atoms with Crippen molar-refractivity contribution in [2.45, 2.75) is 46.6 Å². The van der Waals surface area contributed by atoms with Gasteiger partial charge in [-0.15, -0.1) is 0 Å². The molecule has 1 atom stereocenters. The van der Waals surface area contributed by atoms with Crippen LogP contribution in [0, 0.1) is 25.2 Å². The first kappa shape index (κ1) is 15.8. The first-order valence-electron chi connectivity index (χ1n) is 7.66. The summed E-state index contributed by atoms with van der Waals surface area (Å²) in [6.07, 6.45) is 1.77. The highest BCUT2D eigenvalue weighted by Crippen LogP contribution is 2.50. The van der Waals surface area contributed by atoms with E-state index in [-0.39, 0.29) is 17.4 Å². The molecule has 0 bridgehead atoms. The lowest BCUT2D eigenvalue weighted by atomic mass is 9.90. The smallest absolute Gasteiger partial charge is 0.193 e. The van der Waals surface area contributed by atoms with Crippen LogP contribution in [-0.2, 0) is 0 Å². The minimum absolute atomic E-state index is 0.0526. The normalized spacial score (nSPS) is 18.7. The fourth-order valence-corrected chi connectivity index (χ4v) is 2.89. The van der Waals surface area contributed by atoms with E-state index in [1.165, 1.54) is 11.1 Å². The van der Waals surface area contributed by atoms with Crippen molar-refractivity contribution in [2.24, 2.45) is 22.1 Å². The van der Waals surface area contributed by atoms with E-state index in [0.717, 1.165) is 18.5 Å². The van der Waals surface area contributed by atoms with E-state index < -0.39 is 0 Å². The number of nitrogens with one attached hydrogen (secondary N) is 1. The molecular weight excluding hydrogens is 262 g/mol. The molecule has 1 aromatic carbocycles. The molecule has 1 fully saturated rings. The SMILES string of the molecule is Cc1cc(C)cc(NC(N)=NCC2(C(O)C(C)C)CC2)c1. The number of hydrogen-bond acceptors (Lipinski definition) is 2. The molecule has 0 saturated heterocycles. The number of aliphatic hydroxyl groups excluding tert-OH is 1. The van der Waals surface area contributed by atoms with Crippen LogP contribution in [0.15, 0.2) is 23.2 Å². The van der Waals surface area contributed by atoms with Crippen molar-refractivity contribution in [3.63, 3.8) is 0 Å². The van der Waals surface area contributed by atoms with Gasteiger partial charge in [-0.25, -0.2) is 0 Å². The molecule has 4 heteroatoms. The van der Waals surface area contributed by atoms with Crippen molar-refractivity contribution >= 4 is 11.6 Å². The Morgan fingerprint density at radius 3 is 2.33 bits per heavy atom. The maximum atomic E-state index is 10.3. The second-order valence-electron chi connectivity index (χ2n) is 6.75. The van der Waals surface area contributed by atoms with Crippen LogP contribution in [0.3, 0.4) is 0 Å². The van der Waals surface area contributed by atoms with Gasteiger partial charge >= 0.3 is 0 Å². The molecule has 1 unspecified atom stereocenters. The Bertz CT molecular complexity index is 513. The number of anilines is 1. The summed E-state index contributed by atoms with van der Waals surface area (Å²) in [7, 11) is 0. The molecule has 1 aliphatic rings. The number of rotatable bonds is 5. The summed E-state index contributed by atoms with van der Waals surface area (Å²) >= 11 is 0. The Morgan fingerprint density at radius 2 is 1.86 bits per heavy atom. The van der Waals surface area contributed by atoms with Crippen LogP contribution < -0.4 is 11.1 Å². The van der Waals surface area contributed by atoms with Crippen molar-refractivity contribution in [1.29, 1.82) is 0 Å². The molecule has 0 aliphatic heterocycles. The first-order chi connectivity index (χ1) is 9.82. The molecule has 1 saturated carbocycles. The molecule has 4 N–H and O–H groups in total. The van der Waals surface area contributed by atoms with Gasteiger partial charge < -0.3 is 16.2 Å². The van der Waals surface area contributed by atoms with Crippen LogP contribution in [0.1, 0.15) is 37.8 Å². The number of nitrogens with zero attached hydrogens (tertiary/aromatic N) is 1. The number of nitrogens with two attached hydrogens (primary N) is 1. The zero-order chi connectivity index (χ0) is 15.6. The molecule has 0 aromatic heterocycles. The molecule has 4 nitrogen and oxygen atoms in total. The zero-order valence-electron chi connectivity index (χ0n) is 13.5. The fourth-order valence-electron chi connectivity index (χ4n) is 2.89. The van der Waals surface area contributed by atoms with E-state index in [2.05, 4.69) is 30.2 Å². The average Bonchev–Trinajstić information content (AvgIpc) is 3.15. The number of aliphatic imine (C=N–C) groups is 1. The highest BCUT2D eigenvalue weighted by Gasteiger charge is 2.49. The summed E-state index contributed by atoms with van der Waals surface area (Å²) in [6.45, 7) is 8.81. The number of hydrogen-bond donors (Lipinski definition) is 3. The van der Waals surface area contributed by atoms with Gasteiger partial charge in [-0.1, -0.05) is 19.9 Å². The summed E-state index contributed by atoms with van der Waals surface area (Å²) in [4.78, 5) is 4.44. The average molecular weight is 289 g/mol. The molecule has 1 aromatic rings. The van der Waals surface area contributed by atoms with Crippen molar-refractivity contribution < 1.29 is 5.11 Å². The molecule has 21 heavy (non-hydrogen) atoms. The van der Waals surface area contributed by atoms with Crippen LogP contribution in [0.5, 0.6) is 0 Å². The summed E-state index contributed by atoms with van der Waals surface area (Å²) in [5.74, 6) is 0.679. The first-order valence-corrected chi connectivity index (χ1v) is 7.66. The Labute approximate surface area is 127 Å². The second kappa shape index (κ2) is 6.06. The van der Waals surface area contributed by atoms with Crippen LogP contribution >= 0.6 is 0 Å². The number of aryl methyl sites for hydroxylation is 2. The third kappa shape index (κ3) is 3.97. The molecule has 0 spiro atoms. The van der Waals surface area contributed by atoms with Crippen molar-refractivity contribution in [3.8, 4) is 0 Å². The van der Waals surface area contributed by atoms with E-state index in [4.69, 9.17) is 5.73 Å². The van der Waals surface area contributed by atoms with Crippen LogP contribution in [-0.4, -0.2) is 23.7 Å². The molecule has 2 rings (SSSR count). The Hall–Kier alpha value is -1.55. The monoisotopic (exact) mass is 289 g/mol. The lowest BCUT2D eigenvalue weighted by molar-refractivity contribution is 0.0549. The van der Waals surface area contributed by atoms with Gasteiger partial charge in [0.2, 0.25) is 0 Å². The maximum absolute atomic E-state index is 10.3. The summed E-state index contributed by atoms with van der Waals surface area (Å²) < 4.78 is 0. The van der Waals surface area contributed by atoms with Gasteiger partial charge in [-0.2, -0.15) is 0 Å². The van der Waals surface area contributed by atoms with Gasteiger partial charge in [0, 0.05) is 11.1 Å². The van der Waals surface area contributed by atoms with Crippen molar-refractivity contribution in [3.05, 3.63) is 29.3 Å². The van der Waals surface area contributed by atoms with Gasteiger partial charge in [0.25, 0.3) is 0 Å². The minimum Gasteiger partial charge on any atom is -0.392 e. The summed E-state index contributed by atoms with van der Waals surface area (Å²) in [5.41, 5.74) is 9.27. The number of benzene rings is 1. The predicted molar refractivity (Wildman–Crippen MR) is 88.5 cm³/mol. The second-order valence-corrected chi connectivity index (χ2v) is 6.75. The molecular formula is C17H27N3O. The third-order valence-corrected chi connectivity index (χ3v) is 4.21. The van der Waals surface area contributed by atoms with Gasteiger partial charge in [-0.3, -0.25) is 4.99 Å². The topological polar surface area (TPSA) is 70.6 Å². The fraction of sp³-hybridized carbons (Fsp3) is 0.588. The molecule has 1 aliphatic carbocycles. The van der Waals surface area contributed by atoms with Gasteiger partial charge in [-0.05, 0) is 55.9 Å². The van der Waals surface area contributed by atoms with Crippen LogP contribution in [0.4, 0.5) is 5.69 Å².